The lowest BCUT2D eigenvalue weighted by molar-refractivity contribution is -0.138. The third-order valence-electron chi connectivity index (χ3n) is 6.16. The van der Waals surface area contributed by atoms with Crippen LogP contribution in [0.2, 0.25) is 0 Å². The largest absolute Gasteiger partial charge is 0.497 e. The van der Waals surface area contributed by atoms with Gasteiger partial charge in [0.1, 0.15) is 11.4 Å². The van der Waals surface area contributed by atoms with Gasteiger partial charge in [-0.2, -0.15) is 13.2 Å². The Kier molecular flexibility index (Phi) is 8.30. The highest BCUT2D eigenvalue weighted by molar-refractivity contribution is 7.09. The minimum Gasteiger partial charge on any atom is -0.497 e. The number of carbonyl (C=O) groups excluding carboxylic acids is 3. The van der Waals surface area contributed by atoms with Crippen LogP contribution in [0.5, 0.6) is 5.75 Å². The van der Waals surface area contributed by atoms with Crippen molar-refractivity contribution in [2.45, 2.75) is 31.4 Å². The number of ether oxygens (including phenoxy) is 1. The summed E-state index contributed by atoms with van der Waals surface area (Å²) in [5, 5.41) is 2.27. The van der Waals surface area contributed by atoms with E-state index in [0.29, 0.717) is 23.6 Å². The summed E-state index contributed by atoms with van der Waals surface area (Å²) in [5.74, 6) is -1.05. The van der Waals surface area contributed by atoms with Crippen LogP contribution in [0.3, 0.4) is 0 Å². The molecule has 0 saturated carbocycles. The molecule has 2 heterocycles. The number of alkyl halides is 3. The number of methoxy groups -OCH3 is 1. The lowest BCUT2D eigenvalue weighted by Crippen LogP contribution is -2.42. The topological polar surface area (TPSA) is 101 Å². The van der Waals surface area contributed by atoms with E-state index in [-0.39, 0.29) is 36.7 Å². The summed E-state index contributed by atoms with van der Waals surface area (Å²) in [6.45, 7) is 0.550. The van der Waals surface area contributed by atoms with Crippen LogP contribution in [0, 0.1) is 0 Å². The van der Waals surface area contributed by atoms with Gasteiger partial charge in [-0.15, -0.1) is 11.3 Å². The zero-order valence-corrected chi connectivity index (χ0v) is 21.2. The summed E-state index contributed by atoms with van der Waals surface area (Å²) in [7, 11) is 1.53. The molecule has 0 unspecified atom stereocenters. The second-order valence-electron chi connectivity index (χ2n) is 8.71. The molecule has 38 heavy (non-hydrogen) atoms. The molecular weight excluding hydrogens is 521 g/mol. The Bertz CT molecular complexity index is 1320. The summed E-state index contributed by atoms with van der Waals surface area (Å²) < 4.78 is 45.1. The average Bonchev–Trinajstić information content (AvgIpc) is 3.41. The Morgan fingerprint density at radius 3 is 2.53 bits per heavy atom. The summed E-state index contributed by atoms with van der Waals surface area (Å²) in [4.78, 5) is 43.2. The van der Waals surface area contributed by atoms with Gasteiger partial charge in [0.15, 0.2) is 0 Å². The van der Waals surface area contributed by atoms with Gasteiger partial charge in [0.25, 0.3) is 11.8 Å². The SMILES string of the molecule is COc1cccc(CC(=O)NNC(=O)c2csc(C3CCN(C(=O)c4ccccc4C(F)(F)F)CC3)n2)c1. The monoisotopic (exact) mass is 546 g/mol. The summed E-state index contributed by atoms with van der Waals surface area (Å²) >= 11 is 1.29. The van der Waals surface area contributed by atoms with Crippen LogP contribution in [0.25, 0.3) is 0 Å². The van der Waals surface area contributed by atoms with Crippen LogP contribution in [-0.2, 0) is 17.4 Å². The zero-order valence-electron chi connectivity index (χ0n) is 20.4. The van der Waals surface area contributed by atoms with Crippen molar-refractivity contribution in [1.82, 2.24) is 20.7 Å². The fourth-order valence-corrected chi connectivity index (χ4v) is 5.17. The van der Waals surface area contributed by atoms with E-state index >= 15 is 0 Å². The zero-order chi connectivity index (χ0) is 27.3. The summed E-state index contributed by atoms with van der Waals surface area (Å²) in [6, 6.07) is 11.8. The Morgan fingerprint density at radius 2 is 1.82 bits per heavy atom. The number of rotatable bonds is 6. The number of nitrogens with one attached hydrogen (secondary N) is 2. The number of hydrogen-bond acceptors (Lipinski definition) is 6. The minimum absolute atomic E-state index is 0.0360. The Balaban J connectivity index is 1.29. The molecule has 2 aromatic carbocycles. The van der Waals surface area contributed by atoms with Gasteiger partial charge in [-0.1, -0.05) is 24.3 Å². The van der Waals surface area contributed by atoms with Gasteiger partial charge in [0.2, 0.25) is 5.91 Å². The number of likely N-dealkylation sites (tertiary alicyclic amines) is 1. The normalized spacial score (nSPS) is 14.2. The van der Waals surface area contributed by atoms with Gasteiger partial charge in [0.05, 0.1) is 29.7 Å². The Labute approximate surface area is 220 Å². The summed E-state index contributed by atoms with van der Waals surface area (Å²) in [5.41, 5.74) is 4.27. The molecule has 0 radical (unpaired) electrons. The Hall–Kier alpha value is -3.93. The molecule has 1 fully saturated rings. The van der Waals surface area contributed by atoms with Crippen molar-refractivity contribution in [1.29, 1.82) is 0 Å². The standard InChI is InChI=1S/C26H25F3N4O4S/c1-37-18-6-4-5-16(13-18)14-22(34)31-32-23(35)21-15-38-24(30-21)17-9-11-33(12-10-17)25(36)19-7-2-3-8-20(19)26(27,28)29/h2-8,13,15,17H,9-12,14H2,1H3,(H,31,34)(H,32,35). The number of carbonyl (C=O) groups is 3. The first-order chi connectivity index (χ1) is 18.2. The van der Waals surface area contributed by atoms with E-state index in [1.54, 1.807) is 29.6 Å². The lowest BCUT2D eigenvalue weighted by Gasteiger charge is -2.31. The van der Waals surface area contributed by atoms with Crippen LogP contribution >= 0.6 is 11.3 Å². The van der Waals surface area contributed by atoms with Crippen molar-refractivity contribution in [3.63, 3.8) is 0 Å². The van der Waals surface area contributed by atoms with Crippen molar-refractivity contribution < 1.29 is 32.3 Å². The number of benzene rings is 2. The van der Waals surface area contributed by atoms with Crippen molar-refractivity contribution in [3.05, 3.63) is 81.3 Å². The first-order valence-corrected chi connectivity index (χ1v) is 12.7. The van der Waals surface area contributed by atoms with Gasteiger partial charge in [-0.05, 0) is 42.7 Å². The van der Waals surface area contributed by atoms with E-state index in [1.165, 1.54) is 41.5 Å². The number of amides is 3. The van der Waals surface area contributed by atoms with Crippen LogP contribution in [0.4, 0.5) is 13.2 Å². The molecule has 12 heteroatoms. The van der Waals surface area contributed by atoms with Gasteiger partial charge in [-0.25, -0.2) is 4.98 Å². The number of halogens is 3. The molecule has 1 aromatic heterocycles. The maximum Gasteiger partial charge on any atom is 0.417 e. The van der Waals surface area contributed by atoms with Crippen LogP contribution in [-0.4, -0.2) is 47.8 Å². The number of hydrazine groups is 1. The van der Waals surface area contributed by atoms with Crippen LogP contribution in [0.1, 0.15) is 55.7 Å². The van der Waals surface area contributed by atoms with Crippen molar-refractivity contribution in [2.75, 3.05) is 20.2 Å². The van der Waals surface area contributed by atoms with Crippen LogP contribution < -0.4 is 15.6 Å². The molecule has 8 nitrogen and oxygen atoms in total. The molecule has 0 spiro atoms. The predicted molar refractivity (Wildman–Crippen MR) is 134 cm³/mol. The molecule has 1 aliphatic rings. The van der Waals surface area contributed by atoms with Gasteiger partial charge >= 0.3 is 6.18 Å². The van der Waals surface area contributed by atoms with E-state index < -0.39 is 29.5 Å². The predicted octanol–water partition coefficient (Wildman–Crippen LogP) is 4.19. The first-order valence-electron chi connectivity index (χ1n) is 11.8. The van der Waals surface area contributed by atoms with Gasteiger partial charge in [0, 0.05) is 24.4 Å². The maximum absolute atomic E-state index is 13.3. The lowest BCUT2D eigenvalue weighted by atomic mass is 9.96. The third-order valence-corrected chi connectivity index (χ3v) is 7.17. The molecule has 200 valence electrons. The fourth-order valence-electron chi connectivity index (χ4n) is 4.20. The average molecular weight is 547 g/mol. The fraction of sp³-hybridized carbons (Fsp3) is 0.308. The van der Waals surface area contributed by atoms with Gasteiger partial charge < -0.3 is 9.64 Å². The molecule has 0 bridgehead atoms. The molecule has 0 aliphatic carbocycles. The number of aromatic nitrogens is 1. The molecule has 0 atom stereocenters. The second kappa shape index (κ2) is 11.6. The molecular formula is C26H25F3N4O4S. The molecule has 2 N–H and O–H groups in total. The molecule has 1 aliphatic heterocycles. The smallest absolute Gasteiger partial charge is 0.417 e. The minimum atomic E-state index is -4.61. The number of hydrogen-bond donors (Lipinski definition) is 2. The number of thiazole rings is 1. The highest BCUT2D eigenvalue weighted by Gasteiger charge is 2.36. The Morgan fingerprint density at radius 1 is 1.08 bits per heavy atom. The first kappa shape index (κ1) is 27.1. The van der Waals surface area contributed by atoms with Crippen molar-refractivity contribution in [3.8, 4) is 5.75 Å². The highest BCUT2D eigenvalue weighted by Crippen LogP contribution is 2.34. The molecule has 3 amide bonds. The third kappa shape index (κ3) is 6.49. The van der Waals surface area contributed by atoms with E-state index in [4.69, 9.17) is 4.74 Å². The van der Waals surface area contributed by atoms with Crippen molar-refractivity contribution in [2.24, 2.45) is 0 Å². The highest BCUT2D eigenvalue weighted by atomic mass is 32.1. The van der Waals surface area contributed by atoms with E-state index in [0.717, 1.165) is 11.6 Å². The second-order valence-corrected chi connectivity index (χ2v) is 9.60. The number of nitrogens with zero attached hydrogens (tertiary/aromatic N) is 2. The van der Waals surface area contributed by atoms with E-state index in [9.17, 15) is 27.6 Å². The van der Waals surface area contributed by atoms with E-state index in [1.807, 2.05) is 0 Å². The molecule has 3 aromatic rings. The maximum atomic E-state index is 13.3. The summed E-state index contributed by atoms with van der Waals surface area (Å²) in [6.07, 6.45) is -3.56. The van der Waals surface area contributed by atoms with Gasteiger partial charge in [-0.3, -0.25) is 25.2 Å². The molecule has 1 saturated heterocycles. The van der Waals surface area contributed by atoms with Crippen molar-refractivity contribution >= 4 is 29.1 Å². The van der Waals surface area contributed by atoms with Crippen LogP contribution in [0.15, 0.2) is 53.9 Å². The number of piperidine rings is 1. The quantitative estimate of drug-likeness (QED) is 0.452. The van der Waals surface area contributed by atoms with E-state index in [2.05, 4.69) is 15.8 Å². The molecule has 4 rings (SSSR count).